The van der Waals surface area contributed by atoms with Gasteiger partial charge in [-0.2, -0.15) is 0 Å². The van der Waals surface area contributed by atoms with E-state index in [1.165, 1.54) is 18.9 Å². The highest BCUT2D eigenvalue weighted by Gasteiger charge is 2.30. The monoisotopic (exact) mass is 321 g/mol. The van der Waals surface area contributed by atoms with Crippen LogP contribution in [0.1, 0.15) is 59.3 Å². The minimum atomic E-state index is -1.06. The van der Waals surface area contributed by atoms with Gasteiger partial charge in [0, 0.05) is 32.2 Å². The van der Waals surface area contributed by atoms with Crippen LogP contribution in [-0.2, 0) is 11.2 Å². The molecule has 6 heteroatoms. The smallest absolute Gasteiger partial charge is 0.339 e. The number of carboxylic acid groups (broad SMARTS) is 1. The molecule has 0 spiro atoms. The second kappa shape index (κ2) is 6.74. The van der Waals surface area contributed by atoms with Crippen molar-refractivity contribution in [3.8, 4) is 0 Å². The zero-order valence-electron chi connectivity index (χ0n) is 13.4. The number of carbonyl (C=O) groups is 2. The van der Waals surface area contributed by atoms with Gasteiger partial charge >= 0.3 is 5.97 Å². The third kappa shape index (κ3) is 3.75. The highest BCUT2D eigenvalue weighted by molar-refractivity contribution is 5.96. The number of hydrogen-bond acceptors (Lipinski definition) is 4. The molecule has 1 atom stereocenters. The van der Waals surface area contributed by atoms with Gasteiger partial charge in [0.1, 0.15) is 11.3 Å². The summed E-state index contributed by atoms with van der Waals surface area (Å²) in [4.78, 5) is 25.5. The number of carbonyl (C=O) groups excluding carboxylic acids is 1. The number of nitrogens with zero attached hydrogens (tertiary/aromatic N) is 1. The topological polar surface area (TPSA) is 80.0 Å². The summed E-state index contributed by atoms with van der Waals surface area (Å²) < 4.78 is 11.4. The summed E-state index contributed by atoms with van der Waals surface area (Å²) in [5.41, 5.74) is 0.0781. The van der Waals surface area contributed by atoms with E-state index in [0.29, 0.717) is 31.2 Å². The molecule has 1 aromatic heterocycles. The molecule has 0 radical (unpaired) electrons. The van der Waals surface area contributed by atoms with Crippen molar-refractivity contribution in [1.82, 2.24) is 4.90 Å². The predicted octanol–water partition coefficient (Wildman–Crippen LogP) is 2.57. The van der Waals surface area contributed by atoms with Crippen LogP contribution < -0.4 is 0 Å². The largest absolute Gasteiger partial charge is 0.478 e. The lowest BCUT2D eigenvalue weighted by Gasteiger charge is -2.32. The highest BCUT2D eigenvalue weighted by Crippen LogP contribution is 2.30. The first kappa shape index (κ1) is 16.1. The zero-order valence-corrected chi connectivity index (χ0v) is 13.4. The maximum absolute atomic E-state index is 12.6. The summed E-state index contributed by atoms with van der Waals surface area (Å²) in [6.45, 7) is 3.81. The Hall–Kier alpha value is -1.82. The van der Waals surface area contributed by atoms with Crippen LogP contribution in [0.5, 0.6) is 0 Å². The fourth-order valence-electron chi connectivity index (χ4n) is 2.95. The number of furan rings is 1. The molecule has 126 valence electrons. The van der Waals surface area contributed by atoms with Crippen LogP contribution in [0.3, 0.4) is 0 Å². The molecule has 1 amide bonds. The van der Waals surface area contributed by atoms with Crippen molar-refractivity contribution in [3.05, 3.63) is 23.2 Å². The Bertz CT molecular complexity index is 590. The lowest BCUT2D eigenvalue weighted by atomic mass is 10.1. The lowest BCUT2D eigenvalue weighted by molar-refractivity contribution is -0.00332. The molecule has 1 saturated heterocycles. The van der Waals surface area contributed by atoms with Gasteiger partial charge in [-0.1, -0.05) is 6.92 Å². The van der Waals surface area contributed by atoms with Crippen LogP contribution in [0.4, 0.5) is 0 Å². The summed E-state index contributed by atoms with van der Waals surface area (Å²) in [5.74, 6) is -0.140. The summed E-state index contributed by atoms with van der Waals surface area (Å²) in [7, 11) is 0. The van der Waals surface area contributed by atoms with Crippen molar-refractivity contribution in [2.75, 3.05) is 19.7 Å². The molecule has 1 saturated carbocycles. The fraction of sp³-hybridized carbons (Fsp3) is 0.647. The molecular weight excluding hydrogens is 298 g/mol. The molecule has 3 rings (SSSR count). The van der Waals surface area contributed by atoms with Crippen LogP contribution in [0.2, 0.25) is 0 Å². The van der Waals surface area contributed by atoms with Gasteiger partial charge in [-0.15, -0.1) is 0 Å². The van der Waals surface area contributed by atoms with Gasteiger partial charge < -0.3 is 19.2 Å². The van der Waals surface area contributed by atoms with Crippen LogP contribution in [0.15, 0.2) is 10.5 Å². The molecule has 0 bridgehead atoms. The number of hydrogen-bond donors (Lipinski definition) is 1. The van der Waals surface area contributed by atoms with E-state index >= 15 is 0 Å². The van der Waals surface area contributed by atoms with Gasteiger partial charge in [0.15, 0.2) is 5.76 Å². The van der Waals surface area contributed by atoms with E-state index in [-0.39, 0.29) is 23.3 Å². The Balaban J connectivity index is 1.65. The van der Waals surface area contributed by atoms with Crippen molar-refractivity contribution >= 4 is 11.9 Å². The minimum absolute atomic E-state index is 0.0767. The normalized spacial score (nSPS) is 21.4. The SMILES string of the molecule is CCc1oc(C(=O)N2CCCC(OCC3CC3)C2)cc1C(=O)O. The van der Waals surface area contributed by atoms with Crippen molar-refractivity contribution in [2.45, 2.75) is 45.1 Å². The Morgan fingerprint density at radius 1 is 1.39 bits per heavy atom. The summed E-state index contributed by atoms with van der Waals surface area (Å²) in [5, 5.41) is 9.17. The minimum Gasteiger partial charge on any atom is -0.478 e. The van der Waals surface area contributed by atoms with E-state index in [1.54, 1.807) is 4.90 Å². The van der Waals surface area contributed by atoms with E-state index in [4.69, 9.17) is 14.3 Å². The zero-order chi connectivity index (χ0) is 16.4. The Morgan fingerprint density at radius 2 is 2.17 bits per heavy atom. The number of amides is 1. The number of piperidine rings is 1. The second-order valence-electron chi connectivity index (χ2n) is 6.40. The summed E-state index contributed by atoms with van der Waals surface area (Å²) in [6.07, 6.45) is 4.89. The van der Waals surface area contributed by atoms with Gasteiger partial charge in [0.2, 0.25) is 0 Å². The standard InChI is InChI=1S/C17H23NO5/c1-2-14-13(17(20)21)8-15(23-14)16(19)18-7-3-4-12(9-18)22-10-11-5-6-11/h8,11-12H,2-7,9-10H2,1H3,(H,20,21). The Kier molecular flexibility index (Phi) is 4.71. The van der Waals surface area contributed by atoms with Crippen molar-refractivity contribution in [2.24, 2.45) is 5.92 Å². The van der Waals surface area contributed by atoms with E-state index in [0.717, 1.165) is 19.4 Å². The van der Waals surface area contributed by atoms with E-state index in [2.05, 4.69) is 0 Å². The van der Waals surface area contributed by atoms with Crippen molar-refractivity contribution < 1.29 is 23.8 Å². The van der Waals surface area contributed by atoms with Gasteiger partial charge in [-0.25, -0.2) is 4.79 Å². The third-order valence-electron chi connectivity index (χ3n) is 4.50. The molecule has 23 heavy (non-hydrogen) atoms. The van der Waals surface area contributed by atoms with Crippen molar-refractivity contribution in [1.29, 1.82) is 0 Å². The molecule has 1 aromatic rings. The number of aromatic carboxylic acids is 1. The Morgan fingerprint density at radius 3 is 2.78 bits per heavy atom. The molecular formula is C17H23NO5. The first-order valence-electron chi connectivity index (χ1n) is 8.35. The van der Waals surface area contributed by atoms with E-state index < -0.39 is 5.97 Å². The third-order valence-corrected chi connectivity index (χ3v) is 4.50. The summed E-state index contributed by atoms with van der Waals surface area (Å²) in [6, 6.07) is 1.35. The van der Waals surface area contributed by atoms with Crippen LogP contribution in [0, 0.1) is 5.92 Å². The number of rotatable bonds is 6. The molecule has 1 N–H and O–H groups in total. The molecule has 1 aliphatic carbocycles. The predicted molar refractivity (Wildman–Crippen MR) is 82.6 cm³/mol. The molecule has 2 aliphatic rings. The van der Waals surface area contributed by atoms with Crippen LogP contribution in [0.25, 0.3) is 0 Å². The average molecular weight is 321 g/mol. The first-order chi connectivity index (χ1) is 11.1. The number of likely N-dealkylation sites (tertiary alicyclic amines) is 1. The molecule has 1 unspecified atom stereocenters. The lowest BCUT2D eigenvalue weighted by Crippen LogP contribution is -2.43. The average Bonchev–Trinajstić information content (AvgIpc) is 3.28. The molecule has 2 heterocycles. The molecule has 1 aliphatic heterocycles. The van der Waals surface area contributed by atoms with Crippen molar-refractivity contribution in [3.63, 3.8) is 0 Å². The second-order valence-corrected chi connectivity index (χ2v) is 6.40. The van der Waals surface area contributed by atoms with Gasteiger partial charge in [-0.05, 0) is 31.6 Å². The number of ether oxygens (including phenoxy) is 1. The van der Waals surface area contributed by atoms with Gasteiger partial charge in [0.25, 0.3) is 5.91 Å². The van der Waals surface area contributed by atoms with Crippen LogP contribution in [-0.4, -0.2) is 47.7 Å². The first-order valence-corrected chi connectivity index (χ1v) is 8.35. The molecule has 6 nitrogen and oxygen atoms in total. The quantitative estimate of drug-likeness (QED) is 0.871. The maximum Gasteiger partial charge on any atom is 0.339 e. The number of carboxylic acids is 1. The van der Waals surface area contributed by atoms with E-state index in [1.807, 2.05) is 6.92 Å². The fourth-order valence-corrected chi connectivity index (χ4v) is 2.95. The van der Waals surface area contributed by atoms with Gasteiger partial charge in [-0.3, -0.25) is 4.79 Å². The number of aryl methyl sites for hydroxylation is 1. The Labute approximate surface area is 135 Å². The van der Waals surface area contributed by atoms with Crippen LogP contribution >= 0.6 is 0 Å². The molecule has 2 fully saturated rings. The summed E-state index contributed by atoms with van der Waals surface area (Å²) >= 11 is 0. The maximum atomic E-state index is 12.6. The van der Waals surface area contributed by atoms with Gasteiger partial charge in [0.05, 0.1) is 6.10 Å². The molecule has 0 aromatic carbocycles. The highest BCUT2D eigenvalue weighted by atomic mass is 16.5. The van der Waals surface area contributed by atoms with E-state index in [9.17, 15) is 9.59 Å².